The van der Waals surface area contributed by atoms with Crippen molar-refractivity contribution >= 4 is 28.6 Å². The van der Waals surface area contributed by atoms with E-state index in [0.29, 0.717) is 21.7 Å². The fraction of sp³-hybridized carbons (Fsp3) is 0.414. The molecule has 0 radical (unpaired) electrons. The lowest BCUT2D eigenvalue weighted by Gasteiger charge is -2.40. The van der Waals surface area contributed by atoms with Crippen molar-refractivity contribution in [1.82, 2.24) is 0 Å². The summed E-state index contributed by atoms with van der Waals surface area (Å²) in [6.07, 6.45) is 3.70. The SMILES string of the molecule is C[N+](C)(CCC#Cc1ccccc1)C1C2CC[C@H]1[C@H](OC(=O)C([O-])(c1cccs1)c1cccs1)C2. The van der Waals surface area contributed by atoms with Gasteiger partial charge in [0.05, 0.1) is 38.7 Å². The predicted octanol–water partition coefficient (Wildman–Crippen LogP) is 4.64. The molecule has 35 heavy (non-hydrogen) atoms. The number of esters is 1. The quantitative estimate of drug-likeness (QED) is 0.267. The third kappa shape index (κ3) is 4.71. The zero-order valence-electron chi connectivity index (χ0n) is 20.2. The first-order valence-corrected chi connectivity index (χ1v) is 14.0. The highest BCUT2D eigenvalue weighted by Gasteiger charge is 2.57. The number of quaternary nitrogens is 1. The molecule has 0 spiro atoms. The minimum Gasteiger partial charge on any atom is -0.833 e. The molecule has 4 nitrogen and oxygen atoms in total. The number of ether oxygens (including phenoxy) is 1. The highest BCUT2D eigenvalue weighted by atomic mass is 32.1. The minimum absolute atomic E-state index is 0.188. The second kappa shape index (κ2) is 9.91. The molecule has 3 aromatic rings. The monoisotopic (exact) mass is 505 g/mol. The van der Waals surface area contributed by atoms with Crippen LogP contribution in [0.3, 0.4) is 0 Å². The largest absolute Gasteiger partial charge is 0.833 e. The summed E-state index contributed by atoms with van der Waals surface area (Å²) >= 11 is 2.64. The second-order valence-corrected chi connectivity index (χ2v) is 12.1. The summed E-state index contributed by atoms with van der Waals surface area (Å²) in [5.74, 6) is 6.75. The molecule has 5 rings (SSSR count). The molecule has 2 fully saturated rings. The summed E-state index contributed by atoms with van der Waals surface area (Å²) in [5, 5.41) is 17.7. The van der Waals surface area contributed by atoms with Crippen molar-refractivity contribution < 1.29 is 19.1 Å². The third-order valence-electron chi connectivity index (χ3n) is 7.71. The van der Waals surface area contributed by atoms with Gasteiger partial charge < -0.3 is 14.3 Å². The van der Waals surface area contributed by atoms with E-state index < -0.39 is 11.6 Å². The topological polar surface area (TPSA) is 49.4 Å². The maximum absolute atomic E-state index is 14.0. The number of fused-ring (bicyclic) bond motifs is 2. The van der Waals surface area contributed by atoms with Gasteiger partial charge in [-0.1, -0.05) is 42.2 Å². The number of carbonyl (C=O) groups excluding carboxylic acids is 1. The van der Waals surface area contributed by atoms with Gasteiger partial charge in [0.25, 0.3) is 0 Å². The summed E-state index contributed by atoms with van der Waals surface area (Å²) in [6, 6.07) is 17.7. The van der Waals surface area contributed by atoms with Crippen LogP contribution in [-0.2, 0) is 15.1 Å². The van der Waals surface area contributed by atoms with Gasteiger partial charge in [-0.05, 0) is 54.3 Å². The van der Waals surface area contributed by atoms with Gasteiger partial charge in [0.15, 0.2) is 0 Å². The van der Waals surface area contributed by atoms with E-state index in [4.69, 9.17) is 4.74 Å². The molecule has 1 aromatic carbocycles. The van der Waals surface area contributed by atoms with Crippen molar-refractivity contribution in [2.45, 2.75) is 43.4 Å². The van der Waals surface area contributed by atoms with Crippen molar-refractivity contribution in [3.05, 3.63) is 80.7 Å². The van der Waals surface area contributed by atoms with Crippen LogP contribution in [0.15, 0.2) is 65.4 Å². The van der Waals surface area contributed by atoms with Crippen molar-refractivity contribution in [3.63, 3.8) is 0 Å². The Kier molecular flexibility index (Phi) is 6.87. The summed E-state index contributed by atoms with van der Waals surface area (Å²) in [6.45, 7) is 0.952. The highest BCUT2D eigenvalue weighted by molar-refractivity contribution is 7.12. The Morgan fingerprint density at radius 2 is 1.74 bits per heavy atom. The van der Waals surface area contributed by atoms with Crippen molar-refractivity contribution in [3.8, 4) is 11.8 Å². The Balaban J connectivity index is 1.27. The van der Waals surface area contributed by atoms with Crippen LogP contribution < -0.4 is 5.11 Å². The molecule has 0 N–H and O–H groups in total. The average Bonchev–Trinajstić information content (AvgIpc) is 3.66. The van der Waals surface area contributed by atoms with Gasteiger partial charge in [0.1, 0.15) is 6.10 Å². The molecule has 2 unspecified atom stereocenters. The predicted molar refractivity (Wildman–Crippen MR) is 139 cm³/mol. The van der Waals surface area contributed by atoms with E-state index >= 15 is 0 Å². The summed E-state index contributed by atoms with van der Waals surface area (Å²) in [5.41, 5.74) is -0.944. The maximum Gasteiger partial charge on any atom is 0.306 e. The van der Waals surface area contributed by atoms with Gasteiger partial charge in [-0.2, -0.15) is 0 Å². The first kappa shape index (κ1) is 24.3. The van der Waals surface area contributed by atoms with Crippen LogP contribution in [-0.4, -0.2) is 43.2 Å². The molecule has 0 saturated heterocycles. The van der Waals surface area contributed by atoms with Gasteiger partial charge >= 0.3 is 5.97 Å². The Hall–Kier alpha value is -2.43. The van der Waals surface area contributed by atoms with Gasteiger partial charge in [-0.3, -0.25) is 4.79 Å². The molecular formula is C29H31NO3S2. The standard InChI is InChI=1S/C29H31NO3S2/c1-30(2,17-7-6-12-21-10-4-3-5-11-21)27-22-15-16-23(27)24(20-22)33-28(31)29(32,25-13-8-18-34-25)26-14-9-19-35-26/h3-5,8-11,13-14,18-19,22-24,27H,7,15-17,20H2,1-2H3/t22?,23-,24+,27?/m0/s1. The molecule has 182 valence electrons. The third-order valence-corrected chi connectivity index (χ3v) is 9.66. The van der Waals surface area contributed by atoms with Gasteiger partial charge in [-0.15, -0.1) is 22.7 Å². The lowest BCUT2D eigenvalue weighted by atomic mass is 9.96. The molecule has 2 saturated carbocycles. The van der Waals surface area contributed by atoms with Crippen LogP contribution in [0.5, 0.6) is 0 Å². The molecule has 2 bridgehead atoms. The first-order chi connectivity index (χ1) is 16.9. The lowest BCUT2D eigenvalue weighted by Crippen LogP contribution is -2.53. The van der Waals surface area contributed by atoms with E-state index in [0.717, 1.165) is 35.9 Å². The lowest BCUT2D eigenvalue weighted by molar-refractivity contribution is -0.919. The Labute approximate surface area is 215 Å². The zero-order chi connectivity index (χ0) is 24.5. The Bertz CT molecular complexity index is 1160. The fourth-order valence-electron chi connectivity index (χ4n) is 6.14. The van der Waals surface area contributed by atoms with E-state index in [9.17, 15) is 9.90 Å². The van der Waals surface area contributed by atoms with Crippen LogP contribution in [0, 0.1) is 23.7 Å². The summed E-state index contributed by atoms with van der Waals surface area (Å²) < 4.78 is 6.96. The smallest absolute Gasteiger partial charge is 0.306 e. The van der Waals surface area contributed by atoms with Crippen molar-refractivity contribution in [2.24, 2.45) is 11.8 Å². The highest BCUT2D eigenvalue weighted by Crippen LogP contribution is 2.50. The molecule has 2 heterocycles. The van der Waals surface area contributed by atoms with Gasteiger partial charge in [0.2, 0.25) is 0 Å². The number of benzene rings is 1. The van der Waals surface area contributed by atoms with Crippen LogP contribution >= 0.6 is 22.7 Å². The fourth-order valence-corrected chi connectivity index (χ4v) is 7.84. The van der Waals surface area contributed by atoms with E-state index in [-0.39, 0.29) is 12.0 Å². The number of hydrogen-bond donors (Lipinski definition) is 0. The van der Waals surface area contributed by atoms with Crippen LogP contribution in [0.25, 0.3) is 0 Å². The first-order valence-electron chi connectivity index (χ1n) is 12.3. The zero-order valence-corrected chi connectivity index (χ0v) is 21.8. The Morgan fingerprint density at radius 3 is 2.37 bits per heavy atom. The average molecular weight is 506 g/mol. The normalized spacial score (nSPS) is 23.6. The number of rotatable bonds is 7. The molecule has 0 amide bonds. The molecule has 2 aliphatic rings. The van der Waals surface area contributed by atoms with E-state index in [1.807, 2.05) is 53.2 Å². The van der Waals surface area contributed by atoms with Gasteiger partial charge in [-0.25, -0.2) is 0 Å². The van der Waals surface area contributed by atoms with E-state index in [2.05, 4.69) is 25.9 Å². The molecule has 6 heteroatoms. The van der Waals surface area contributed by atoms with Crippen LogP contribution in [0.2, 0.25) is 0 Å². The number of thiophene rings is 2. The van der Waals surface area contributed by atoms with Crippen LogP contribution in [0.4, 0.5) is 0 Å². The van der Waals surface area contributed by atoms with Crippen molar-refractivity contribution in [2.75, 3.05) is 20.6 Å². The minimum atomic E-state index is -1.99. The van der Waals surface area contributed by atoms with Gasteiger partial charge in [0, 0.05) is 27.2 Å². The van der Waals surface area contributed by atoms with E-state index in [1.165, 1.54) is 29.1 Å². The molecule has 4 atom stereocenters. The second-order valence-electron chi connectivity index (χ2n) is 10.2. The number of nitrogens with zero attached hydrogens (tertiary/aromatic N) is 1. The molecule has 2 aliphatic carbocycles. The maximum atomic E-state index is 14.0. The Morgan fingerprint density at radius 1 is 1.06 bits per heavy atom. The summed E-state index contributed by atoms with van der Waals surface area (Å²) in [4.78, 5) is 14.4. The van der Waals surface area contributed by atoms with Crippen molar-refractivity contribution in [1.29, 1.82) is 0 Å². The summed E-state index contributed by atoms with van der Waals surface area (Å²) in [7, 11) is 4.55. The van der Waals surface area contributed by atoms with E-state index in [1.54, 1.807) is 12.1 Å². The number of hydrogen-bond acceptors (Lipinski definition) is 5. The van der Waals surface area contributed by atoms with Crippen LogP contribution in [0.1, 0.15) is 41.0 Å². The molecule has 2 aromatic heterocycles. The molecule has 0 aliphatic heterocycles. The molecular weight excluding hydrogens is 474 g/mol. The number of carbonyl (C=O) groups is 1.